The van der Waals surface area contributed by atoms with E-state index in [0.717, 1.165) is 19.3 Å². The van der Waals surface area contributed by atoms with Crippen molar-refractivity contribution in [2.45, 2.75) is 45.2 Å². The van der Waals surface area contributed by atoms with Crippen LogP contribution in [0.4, 0.5) is 0 Å². The monoisotopic (exact) mass is 246 g/mol. The molecule has 1 saturated heterocycles. The molecule has 1 N–H and O–H groups in total. The molecule has 0 spiro atoms. The maximum Gasteiger partial charge on any atom is 0.312 e. The number of alkyl halides is 1. The van der Waals surface area contributed by atoms with E-state index in [1.54, 1.807) is 4.90 Å². The molecule has 0 aromatic carbocycles. The van der Waals surface area contributed by atoms with Crippen LogP contribution >= 0.6 is 11.6 Å². The Morgan fingerprint density at radius 2 is 1.88 bits per heavy atom. The van der Waals surface area contributed by atoms with Crippen LogP contribution in [-0.4, -0.2) is 41.2 Å². The molecule has 1 aliphatic rings. The van der Waals surface area contributed by atoms with E-state index in [4.69, 9.17) is 11.6 Å². The van der Waals surface area contributed by atoms with Crippen LogP contribution in [0.15, 0.2) is 0 Å². The Hall–Kier alpha value is -0.770. The second-order valence-corrected chi connectivity index (χ2v) is 4.66. The first kappa shape index (κ1) is 13.3. The van der Waals surface area contributed by atoms with Crippen LogP contribution in [0.5, 0.6) is 0 Å². The Kier molecular flexibility index (Phi) is 5.06. The number of carbonyl (C=O) groups excluding carboxylic acids is 2. The van der Waals surface area contributed by atoms with Gasteiger partial charge in [0.05, 0.1) is 0 Å². The third kappa shape index (κ3) is 3.11. The fourth-order valence-corrected chi connectivity index (χ4v) is 2.27. The number of nitrogens with one attached hydrogen (secondary N) is 1. The van der Waals surface area contributed by atoms with Crippen LogP contribution in [-0.2, 0) is 9.59 Å². The van der Waals surface area contributed by atoms with Crippen LogP contribution in [0.1, 0.15) is 33.1 Å². The summed E-state index contributed by atoms with van der Waals surface area (Å²) in [6.45, 7) is 4.31. The summed E-state index contributed by atoms with van der Waals surface area (Å²) in [5, 5.41) is 2.51. The minimum atomic E-state index is -0.541. The van der Waals surface area contributed by atoms with Gasteiger partial charge in [-0.05, 0) is 33.1 Å². The van der Waals surface area contributed by atoms with Crippen molar-refractivity contribution in [2.75, 3.05) is 12.4 Å². The van der Waals surface area contributed by atoms with E-state index in [1.165, 1.54) is 0 Å². The van der Waals surface area contributed by atoms with E-state index in [9.17, 15) is 9.59 Å². The molecule has 2 amide bonds. The molecular formula is C11H19ClN2O2. The van der Waals surface area contributed by atoms with Gasteiger partial charge in [0.2, 0.25) is 0 Å². The average molecular weight is 247 g/mol. The molecule has 16 heavy (non-hydrogen) atoms. The summed E-state index contributed by atoms with van der Waals surface area (Å²) in [4.78, 5) is 25.1. The molecule has 1 fully saturated rings. The van der Waals surface area contributed by atoms with Gasteiger partial charge in [0.15, 0.2) is 0 Å². The Morgan fingerprint density at radius 1 is 1.31 bits per heavy atom. The molecular weight excluding hydrogens is 228 g/mol. The number of rotatable bonds is 2. The van der Waals surface area contributed by atoms with E-state index >= 15 is 0 Å². The summed E-state index contributed by atoms with van der Waals surface area (Å²) in [7, 11) is 0. The van der Waals surface area contributed by atoms with Gasteiger partial charge in [-0.3, -0.25) is 9.59 Å². The largest absolute Gasteiger partial charge is 0.347 e. The summed E-state index contributed by atoms with van der Waals surface area (Å²) in [6, 6.07) is 0.302. The lowest BCUT2D eigenvalue weighted by Crippen LogP contribution is -2.53. The minimum absolute atomic E-state index is 0.151. The van der Waals surface area contributed by atoms with Gasteiger partial charge in [-0.1, -0.05) is 0 Å². The maximum atomic E-state index is 11.9. The Balaban J connectivity index is 2.59. The van der Waals surface area contributed by atoms with Gasteiger partial charge in [-0.25, -0.2) is 0 Å². The van der Waals surface area contributed by atoms with Gasteiger partial charge in [-0.2, -0.15) is 0 Å². The molecule has 4 nitrogen and oxygen atoms in total. The normalized spacial score (nSPS) is 25.3. The summed E-state index contributed by atoms with van der Waals surface area (Å²) in [5.74, 6) is -0.643. The van der Waals surface area contributed by atoms with Crippen molar-refractivity contribution in [3.8, 4) is 0 Å². The molecule has 92 valence electrons. The van der Waals surface area contributed by atoms with Crippen LogP contribution in [0.25, 0.3) is 0 Å². The number of amides is 2. The van der Waals surface area contributed by atoms with Crippen molar-refractivity contribution in [2.24, 2.45) is 0 Å². The first-order chi connectivity index (χ1) is 7.57. The van der Waals surface area contributed by atoms with E-state index in [0.29, 0.717) is 12.4 Å². The second kappa shape index (κ2) is 6.09. The summed E-state index contributed by atoms with van der Waals surface area (Å²) in [5.41, 5.74) is 0. The number of nitrogens with zero attached hydrogens (tertiary/aromatic N) is 1. The van der Waals surface area contributed by atoms with E-state index < -0.39 is 11.8 Å². The van der Waals surface area contributed by atoms with Gasteiger partial charge in [0.1, 0.15) is 0 Å². The highest BCUT2D eigenvalue weighted by Crippen LogP contribution is 2.22. The predicted molar refractivity (Wildman–Crippen MR) is 63.4 cm³/mol. The number of halogens is 1. The minimum Gasteiger partial charge on any atom is -0.347 e. The third-order valence-corrected chi connectivity index (χ3v) is 3.19. The Morgan fingerprint density at radius 3 is 2.38 bits per heavy atom. The average Bonchev–Trinajstić information content (AvgIpc) is 2.25. The molecule has 0 bridgehead atoms. The Bertz CT molecular complexity index is 261. The van der Waals surface area contributed by atoms with E-state index in [2.05, 4.69) is 5.32 Å². The number of hydrogen-bond donors (Lipinski definition) is 1. The number of hydrogen-bond acceptors (Lipinski definition) is 2. The number of piperidine rings is 1. The molecule has 1 heterocycles. The molecule has 1 aliphatic heterocycles. The van der Waals surface area contributed by atoms with E-state index in [1.807, 2.05) is 13.8 Å². The molecule has 0 aromatic rings. The summed E-state index contributed by atoms with van der Waals surface area (Å²) >= 11 is 5.45. The van der Waals surface area contributed by atoms with Crippen molar-refractivity contribution in [1.29, 1.82) is 0 Å². The standard InChI is InChI=1S/C11H19ClN2O2/c1-8-4-3-5-9(2)14(8)11(16)10(15)13-7-6-12/h8-9H,3-7H2,1-2H3,(H,13,15). The molecule has 0 radical (unpaired) electrons. The van der Waals surface area contributed by atoms with Crippen LogP contribution in [0.2, 0.25) is 0 Å². The molecule has 0 aromatic heterocycles. The highest BCUT2D eigenvalue weighted by molar-refractivity contribution is 6.35. The first-order valence-electron chi connectivity index (χ1n) is 5.74. The molecule has 0 aliphatic carbocycles. The van der Waals surface area contributed by atoms with Gasteiger partial charge in [-0.15, -0.1) is 11.6 Å². The zero-order valence-corrected chi connectivity index (χ0v) is 10.6. The van der Waals surface area contributed by atoms with Crippen molar-refractivity contribution >= 4 is 23.4 Å². The van der Waals surface area contributed by atoms with Gasteiger partial charge in [0.25, 0.3) is 0 Å². The lowest BCUT2D eigenvalue weighted by Gasteiger charge is -2.38. The highest BCUT2D eigenvalue weighted by Gasteiger charge is 2.32. The van der Waals surface area contributed by atoms with Crippen molar-refractivity contribution in [3.05, 3.63) is 0 Å². The second-order valence-electron chi connectivity index (χ2n) is 4.29. The van der Waals surface area contributed by atoms with Crippen LogP contribution < -0.4 is 5.32 Å². The SMILES string of the molecule is CC1CCCC(C)N1C(=O)C(=O)NCCCl. The maximum absolute atomic E-state index is 11.9. The molecule has 0 saturated carbocycles. The molecule has 1 rings (SSSR count). The topological polar surface area (TPSA) is 49.4 Å². The third-order valence-electron chi connectivity index (χ3n) is 3.00. The quantitative estimate of drug-likeness (QED) is 0.587. The molecule has 2 unspecified atom stereocenters. The predicted octanol–water partition coefficient (Wildman–Crippen LogP) is 1.13. The summed E-state index contributed by atoms with van der Waals surface area (Å²) < 4.78 is 0. The fourth-order valence-electron chi connectivity index (χ4n) is 2.18. The zero-order valence-electron chi connectivity index (χ0n) is 9.83. The Labute approximate surface area is 101 Å². The van der Waals surface area contributed by atoms with Gasteiger partial charge in [0, 0.05) is 24.5 Å². The van der Waals surface area contributed by atoms with Gasteiger partial charge >= 0.3 is 11.8 Å². The first-order valence-corrected chi connectivity index (χ1v) is 6.27. The lowest BCUT2D eigenvalue weighted by molar-refractivity contribution is -0.150. The smallest absolute Gasteiger partial charge is 0.312 e. The van der Waals surface area contributed by atoms with Crippen LogP contribution in [0, 0.1) is 0 Å². The number of likely N-dealkylation sites (tertiary alicyclic amines) is 1. The highest BCUT2D eigenvalue weighted by atomic mass is 35.5. The van der Waals surface area contributed by atoms with E-state index in [-0.39, 0.29) is 12.1 Å². The zero-order chi connectivity index (χ0) is 12.1. The van der Waals surface area contributed by atoms with Crippen molar-refractivity contribution in [3.63, 3.8) is 0 Å². The molecule has 2 atom stereocenters. The molecule has 5 heteroatoms. The van der Waals surface area contributed by atoms with Crippen molar-refractivity contribution < 1.29 is 9.59 Å². The van der Waals surface area contributed by atoms with Gasteiger partial charge < -0.3 is 10.2 Å². The lowest BCUT2D eigenvalue weighted by atomic mass is 9.97. The fraction of sp³-hybridized carbons (Fsp3) is 0.818. The van der Waals surface area contributed by atoms with Crippen LogP contribution in [0.3, 0.4) is 0 Å². The van der Waals surface area contributed by atoms with Crippen molar-refractivity contribution in [1.82, 2.24) is 10.2 Å². The summed E-state index contributed by atoms with van der Waals surface area (Å²) in [6.07, 6.45) is 3.06. The number of carbonyl (C=O) groups is 2.